The number of halogens is 1. The van der Waals surface area contributed by atoms with Gasteiger partial charge in [-0.1, -0.05) is 70.5 Å². The number of fused-ring (bicyclic) bond motifs is 1. The summed E-state index contributed by atoms with van der Waals surface area (Å²) in [6.07, 6.45) is 0. The first-order chi connectivity index (χ1) is 9.68. The van der Waals surface area contributed by atoms with Crippen LogP contribution in [-0.2, 0) is 0 Å². The maximum Gasteiger partial charge on any atom is 0.0560 e. The van der Waals surface area contributed by atoms with Crippen molar-refractivity contribution in [3.8, 4) is 0 Å². The average molecular weight is 326 g/mol. The van der Waals surface area contributed by atoms with Crippen molar-refractivity contribution in [2.45, 2.75) is 13.0 Å². The molecule has 0 amide bonds. The minimum atomic E-state index is -0.112. The highest BCUT2D eigenvalue weighted by molar-refractivity contribution is 9.10. The molecule has 1 atom stereocenters. The number of benzene rings is 3. The molecule has 1 unspecified atom stereocenters. The molecule has 20 heavy (non-hydrogen) atoms. The van der Waals surface area contributed by atoms with Crippen LogP contribution in [0.4, 0.5) is 0 Å². The van der Waals surface area contributed by atoms with Gasteiger partial charge in [0.05, 0.1) is 6.04 Å². The SMILES string of the molecule is Cc1c(Br)cccc1C(N)c1cccc2ccccc12. The van der Waals surface area contributed by atoms with Gasteiger partial charge in [-0.2, -0.15) is 0 Å². The van der Waals surface area contributed by atoms with Crippen LogP contribution in [0.1, 0.15) is 22.7 Å². The molecule has 0 aliphatic heterocycles. The predicted octanol–water partition coefficient (Wildman–Crippen LogP) is 4.96. The Hall–Kier alpha value is -1.64. The summed E-state index contributed by atoms with van der Waals surface area (Å²) in [6, 6.07) is 20.8. The Balaban J connectivity index is 2.18. The summed E-state index contributed by atoms with van der Waals surface area (Å²) < 4.78 is 1.10. The molecule has 0 bridgehead atoms. The molecule has 1 nitrogen and oxygen atoms in total. The van der Waals surface area contributed by atoms with Crippen LogP contribution in [0.15, 0.2) is 65.1 Å². The van der Waals surface area contributed by atoms with E-state index in [-0.39, 0.29) is 6.04 Å². The van der Waals surface area contributed by atoms with E-state index in [1.54, 1.807) is 0 Å². The molecular weight excluding hydrogens is 310 g/mol. The van der Waals surface area contributed by atoms with Crippen LogP contribution in [0.3, 0.4) is 0 Å². The van der Waals surface area contributed by atoms with Crippen LogP contribution in [0.25, 0.3) is 10.8 Å². The van der Waals surface area contributed by atoms with Crippen molar-refractivity contribution < 1.29 is 0 Å². The lowest BCUT2D eigenvalue weighted by molar-refractivity contribution is 0.869. The molecule has 0 heterocycles. The van der Waals surface area contributed by atoms with Crippen LogP contribution in [0.5, 0.6) is 0 Å². The zero-order valence-electron chi connectivity index (χ0n) is 11.3. The van der Waals surface area contributed by atoms with E-state index in [4.69, 9.17) is 5.73 Å². The second-order valence-corrected chi connectivity index (χ2v) is 5.85. The first kappa shape index (κ1) is 13.3. The second-order valence-electron chi connectivity index (χ2n) is 5.00. The lowest BCUT2D eigenvalue weighted by atomic mass is 9.92. The summed E-state index contributed by atoms with van der Waals surface area (Å²) in [5.74, 6) is 0. The van der Waals surface area contributed by atoms with Crippen LogP contribution >= 0.6 is 15.9 Å². The zero-order chi connectivity index (χ0) is 14.1. The third-order valence-electron chi connectivity index (χ3n) is 3.80. The van der Waals surface area contributed by atoms with E-state index in [0.29, 0.717) is 0 Å². The Morgan fingerprint density at radius 1 is 0.850 bits per heavy atom. The van der Waals surface area contributed by atoms with E-state index in [1.165, 1.54) is 21.9 Å². The standard InChI is InChI=1S/C18H16BrN/c1-12-14(9-5-11-17(12)19)18(20)16-10-4-7-13-6-2-3-8-15(13)16/h2-11,18H,20H2,1H3. The third kappa shape index (κ3) is 2.26. The largest absolute Gasteiger partial charge is 0.320 e. The fourth-order valence-electron chi connectivity index (χ4n) is 2.65. The Kier molecular flexibility index (Phi) is 3.60. The molecule has 0 aromatic heterocycles. The minimum Gasteiger partial charge on any atom is -0.320 e. The normalized spacial score (nSPS) is 12.6. The molecule has 0 aliphatic rings. The number of hydrogen-bond donors (Lipinski definition) is 1. The summed E-state index contributed by atoms with van der Waals surface area (Å²) in [4.78, 5) is 0. The van der Waals surface area contributed by atoms with Crippen LogP contribution in [0, 0.1) is 6.92 Å². The Labute approximate surface area is 127 Å². The molecule has 3 aromatic carbocycles. The van der Waals surface area contributed by atoms with Gasteiger partial charge >= 0.3 is 0 Å². The Morgan fingerprint density at radius 2 is 1.50 bits per heavy atom. The Bertz CT molecular complexity index is 759. The highest BCUT2D eigenvalue weighted by Gasteiger charge is 2.14. The van der Waals surface area contributed by atoms with E-state index in [9.17, 15) is 0 Å². The van der Waals surface area contributed by atoms with Crippen molar-refractivity contribution in [1.29, 1.82) is 0 Å². The molecule has 0 saturated heterocycles. The van der Waals surface area contributed by atoms with Gasteiger partial charge in [0.1, 0.15) is 0 Å². The molecule has 0 aliphatic carbocycles. The second kappa shape index (κ2) is 5.39. The third-order valence-corrected chi connectivity index (χ3v) is 4.66. The van der Waals surface area contributed by atoms with E-state index >= 15 is 0 Å². The van der Waals surface area contributed by atoms with E-state index < -0.39 is 0 Å². The highest BCUT2D eigenvalue weighted by Crippen LogP contribution is 2.31. The molecular formula is C18H16BrN. The Morgan fingerprint density at radius 3 is 2.35 bits per heavy atom. The number of nitrogens with two attached hydrogens (primary N) is 1. The van der Waals surface area contributed by atoms with Crippen molar-refractivity contribution >= 4 is 26.7 Å². The number of hydrogen-bond acceptors (Lipinski definition) is 1. The summed E-state index contributed by atoms with van der Waals surface area (Å²) in [5, 5.41) is 2.45. The van der Waals surface area contributed by atoms with Crippen LogP contribution in [0.2, 0.25) is 0 Å². The molecule has 3 aromatic rings. The highest BCUT2D eigenvalue weighted by atomic mass is 79.9. The minimum absolute atomic E-state index is 0.112. The molecule has 3 rings (SSSR count). The molecule has 0 fully saturated rings. The maximum absolute atomic E-state index is 6.53. The van der Waals surface area contributed by atoms with Gasteiger partial charge in [0.15, 0.2) is 0 Å². The summed E-state index contributed by atoms with van der Waals surface area (Å²) >= 11 is 3.58. The van der Waals surface area contributed by atoms with E-state index in [0.717, 1.165) is 10.0 Å². The monoisotopic (exact) mass is 325 g/mol. The van der Waals surface area contributed by atoms with Crippen LogP contribution in [-0.4, -0.2) is 0 Å². The molecule has 2 N–H and O–H groups in total. The van der Waals surface area contributed by atoms with Gasteiger partial charge in [0, 0.05) is 4.47 Å². The van der Waals surface area contributed by atoms with Crippen molar-refractivity contribution in [2.24, 2.45) is 5.73 Å². The molecule has 0 spiro atoms. The first-order valence-electron chi connectivity index (χ1n) is 6.67. The van der Waals surface area contributed by atoms with Crippen molar-refractivity contribution in [2.75, 3.05) is 0 Å². The van der Waals surface area contributed by atoms with Crippen molar-refractivity contribution in [3.63, 3.8) is 0 Å². The smallest absolute Gasteiger partial charge is 0.0560 e. The van der Waals surface area contributed by atoms with E-state index in [1.807, 2.05) is 6.07 Å². The van der Waals surface area contributed by atoms with E-state index in [2.05, 4.69) is 77.5 Å². The topological polar surface area (TPSA) is 26.0 Å². The van der Waals surface area contributed by atoms with Gasteiger partial charge in [-0.05, 0) is 40.5 Å². The maximum atomic E-state index is 6.53. The lowest BCUT2D eigenvalue weighted by Crippen LogP contribution is -2.13. The van der Waals surface area contributed by atoms with Gasteiger partial charge in [-0.3, -0.25) is 0 Å². The average Bonchev–Trinajstić information content (AvgIpc) is 2.49. The van der Waals surface area contributed by atoms with Crippen molar-refractivity contribution in [3.05, 3.63) is 81.8 Å². The molecule has 0 saturated carbocycles. The first-order valence-corrected chi connectivity index (χ1v) is 7.46. The van der Waals surface area contributed by atoms with Gasteiger partial charge in [-0.15, -0.1) is 0 Å². The van der Waals surface area contributed by atoms with Gasteiger partial charge in [0.2, 0.25) is 0 Å². The summed E-state index contributed by atoms with van der Waals surface area (Å²) in [7, 11) is 0. The predicted molar refractivity (Wildman–Crippen MR) is 88.9 cm³/mol. The van der Waals surface area contributed by atoms with Crippen molar-refractivity contribution in [1.82, 2.24) is 0 Å². The van der Waals surface area contributed by atoms with Crippen LogP contribution < -0.4 is 5.73 Å². The fraction of sp³-hybridized carbons (Fsp3) is 0.111. The molecule has 2 heteroatoms. The van der Waals surface area contributed by atoms with Gasteiger partial charge in [-0.25, -0.2) is 0 Å². The van der Waals surface area contributed by atoms with Gasteiger partial charge < -0.3 is 5.73 Å². The zero-order valence-corrected chi connectivity index (χ0v) is 12.9. The molecule has 0 radical (unpaired) electrons. The molecule has 100 valence electrons. The lowest BCUT2D eigenvalue weighted by Gasteiger charge is -2.18. The van der Waals surface area contributed by atoms with Gasteiger partial charge in [0.25, 0.3) is 0 Å². The quantitative estimate of drug-likeness (QED) is 0.708. The number of rotatable bonds is 2. The summed E-state index contributed by atoms with van der Waals surface area (Å²) in [5.41, 5.74) is 10.1. The fourth-order valence-corrected chi connectivity index (χ4v) is 3.03. The summed E-state index contributed by atoms with van der Waals surface area (Å²) in [6.45, 7) is 2.10.